The van der Waals surface area contributed by atoms with Gasteiger partial charge in [0.15, 0.2) is 0 Å². The van der Waals surface area contributed by atoms with Gasteiger partial charge >= 0.3 is 0 Å². The van der Waals surface area contributed by atoms with Crippen molar-refractivity contribution in [3.05, 3.63) is 50.7 Å². The fourth-order valence-corrected chi connectivity index (χ4v) is 3.93. The molecule has 2 aromatic rings. The maximum absolute atomic E-state index is 13.1. The molecular formula is C19H22ClFN4O2S. The van der Waals surface area contributed by atoms with Crippen molar-refractivity contribution in [2.75, 3.05) is 32.7 Å². The molecule has 28 heavy (non-hydrogen) atoms. The summed E-state index contributed by atoms with van der Waals surface area (Å²) in [7, 11) is 0. The molecule has 9 heteroatoms. The molecule has 6 nitrogen and oxygen atoms in total. The minimum atomic E-state index is -0.499. The summed E-state index contributed by atoms with van der Waals surface area (Å²) < 4.78 is 13.1. The number of piperazine rings is 1. The van der Waals surface area contributed by atoms with Crippen LogP contribution in [-0.2, 0) is 11.3 Å². The van der Waals surface area contributed by atoms with Gasteiger partial charge < -0.3 is 10.2 Å². The normalized spacial score (nSPS) is 14.9. The number of rotatable bonds is 6. The average molecular weight is 425 g/mol. The number of nitrogens with one attached hydrogen (secondary N) is 1. The lowest BCUT2D eigenvalue weighted by Gasteiger charge is -2.34. The van der Waals surface area contributed by atoms with Crippen molar-refractivity contribution in [2.45, 2.75) is 19.9 Å². The van der Waals surface area contributed by atoms with Crippen LogP contribution >= 0.6 is 22.9 Å². The maximum atomic E-state index is 13.1. The highest BCUT2D eigenvalue weighted by Gasteiger charge is 2.21. The van der Waals surface area contributed by atoms with E-state index in [2.05, 4.69) is 20.6 Å². The number of hydrogen-bond donors (Lipinski definition) is 1. The molecule has 1 saturated heterocycles. The van der Waals surface area contributed by atoms with Gasteiger partial charge in [-0.3, -0.25) is 14.5 Å². The molecule has 3 rings (SSSR count). The second-order valence-electron chi connectivity index (χ2n) is 6.64. The van der Waals surface area contributed by atoms with Crippen LogP contribution in [0.1, 0.15) is 27.5 Å². The van der Waals surface area contributed by atoms with Crippen LogP contribution in [0.15, 0.2) is 23.6 Å². The van der Waals surface area contributed by atoms with E-state index in [1.165, 1.54) is 12.1 Å². The van der Waals surface area contributed by atoms with Crippen molar-refractivity contribution in [1.29, 1.82) is 0 Å². The molecule has 1 aliphatic heterocycles. The number of thiazole rings is 1. The molecule has 150 valence electrons. The van der Waals surface area contributed by atoms with Gasteiger partial charge in [-0.05, 0) is 25.1 Å². The van der Waals surface area contributed by atoms with Crippen LogP contribution in [0, 0.1) is 12.7 Å². The molecule has 1 aromatic carbocycles. The summed E-state index contributed by atoms with van der Waals surface area (Å²) in [5, 5.41) is 5.85. The molecule has 2 heterocycles. The number of hydrogen-bond acceptors (Lipinski definition) is 5. The van der Waals surface area contributed by atoms with Crippen molar-refractivity contribution < 1.29 is 14.0 Å². The Labute approximate surface area is 172 Å². The Morgan fingerprint density at radius 2 is 2.04 bits per heavy atom. The number of benzene rings is 1. The summed E-state index contributed by atoms with van der Waals surface area (Å²) in [6.07, 6.45) is 0.218. The van der Waals surface area contributed by atoms with E-state index in [1.807, 2.05) is 11.8 Å². The van der Waals surface area contributed by atoms with Crippen molar-refractivity contribution in [1.82, 2.24) is 20.1 Å². The van der Waals surface area contributed by atoms with Crippen molar-refractivity contribution >= 4 is 34.8 Å². The number of carbonyl (C=O) groups is 2. The minimum Gasteiger partial charge on any atom is -0.351 e. The zero-order chi connectivity index (χ0) is 20.1. The highest BCUT2D eigenvalue weighted by atomic mass is 35.5. The quantitative estimate of drug-likeness (QED) is 0.774. The predicted molar refractivity (Wildman–Crippen MR) is 107 cm³/mol. The first-order chi connectivity index (χ1) is 13.4. The molecule has 0 unspecified atom stereocenters. The summed E-state index contributed by atoms with van der Waals surface area (Å²) in [4.78, 5) is 33.0. The molecule has 1 N–H and O–H groups in total. The van der Waals surface area contributed by atoms with Gasteiger partial charge in [-0.25, -0.2) is 9.37 Å². The highest BCUT2D eigenvalue weighted by Crippen LogP contribution is 2.17. The van der Waals surface area contributed by atoms with Crippen molar-refractivity contribution in [3.63, 3.8) is 0 Å². The Morgan fingerprint density at radius 3 is 2.68 bits per heavy atom. The second-order valence-corrected chi connectivity index (χ2v) is 8.11. The maximum Gasteiger partial charge on any atom is 0.252 e. The van der Waals surface area contributed by atoms with Crippen LogP contribution in [0.4, 0.5) is 4.39 Å². The fourth-order valence-electron chi connectivity index (χ4n) is 3.08. The topological polar surface area (TPSA) is 65.5 Å². The Morgan fingerprint density at radius 1 is 1.29 bits per heavy atom. The van der Waals surface area contributed by atoms with Gasteiger partial charge in [0.05, 0.1) is 21.3 Å². The Bertz CT molecular complexity index is 852. The van der Waals surface area contributed by atoms with Gasteiger partial charge in [0.2, 0.25) is 5.91 Å². The SMILES string of the molecule is Cc1nc(CN2CCN(C(=O)CCNC(=O)c3ccc(F)cc3Cl)CC2)cs1. The number of aromatic nitrogens is 1. The van der Waals surface area contributed by atoms with Gasteiger partial charge in [0.25, 0.3) is 5.91 Å². The van der Waals surface area contributed by atoms with Gasteiger partial charge in [0.1, 0.15) is 5.82 Å². The zero-order valence-corrected chi connectivity index (χ0v) is 17.2. The Balaban J connectivity index is 1.39. The molecule has 0 aliphatic carbocycles. The lowest BCUT2D eigenvalue weighted by atomic mass is 10.2. The van der Waals surface area contributed by atoms with Crippen LogP contribution in [0.3, 0.4) is 0 Å². The van der Waals surface area contributed by atoms with Crippen LogP contribution in [0.5, 0.6) is 0 Å². The summed E-state index contributed by atoms with van der Waals surface area (Å²) in [6, 6.07) is 3.60. The van der Waals surface area contributed by atoms with Crippen LogP contribution < -0.4 is 5.32 Å². The fraction of sp³-hybridized carbons (Fsp3) is 0.421. The first kappa shape index (κ1) is 20.7. The highest BCUT2D eigenvalue weighted by molar-refractivity contribution is 7.09. The molecule has 1 aromatic heterocycles. The average Bonchev–Trinajstić information content (AvgIpc) is 3.06. The third-order valence-electron chi connectivity index (χ3n) is 4.58. The smallest absolute Gasteiger partial charge is 0.252 e. The van der Waals surface area contributed by atoms with E-state index in [1.54, 1.807) is 11.3 Å². The van der Waals surface area contributed by atoms with E-state index in [9.17, 15) is 14.0 Å². The van der Waals surface area contributed by atoms with E-state index in [-0.39, 0.29) is 29.5 Å². The number of amides is 2. The van der Waals surface area contributed by atoms with E-state index < -0.39 is 11.7 Å². The van der Waals surface area contributed by atoms with Crippen LogP contribution in [0.25, 0.3) is 0 Å². The Hall–Kier alpha value is -2.03. The third-order valence-corrected chi connectivity index (χ3v) is 5.71. The number of aryl methyl sites for hydroxylation is 1. The third kappa shape index (κ3) is 5.50. The van der Waals surface area contributed by atoms with Crippen molar-refractivity contribution in [2.24, 2.45) is 0 Å². The second kappa shape index (κ2) is 9.45. The summed E-state index contributed by atoms with van der Waals surface area (Å²) in [6.45, 7) is 5.96. The predicted octanol–water partition coefficient (Wildman–Crippen LogP) is 2.71. The van der Waals surface area contributed by atoms with E-state index in [0.29, 0.717) is 13.1 Å². The first-order valence-corrected chi connectivity index (χ1v) is 10.3. The Kier molecular flexibility index (Phi) is 6.98. The molecule has 1 fully saturated rings. The lowest BCUT2D eigenvalue weighted by Crippen LogP contribution is -2.48. The molecule has 0 spiro atoms. The van der Waals surface area contributed by atoms with Crippen LogP contribution in [0.2, 0.25) is 5.02 Å². The zero-order valence-electron chi connectivity index (χ0n) is 15.6. The lowest BCUT2D eigenvalue weighted by molar-refractivity contribution is -0.132. The summed E-state index contributed by atoms with van der Waals surface area (Å²) in [5.74, 6) is -0.906. The van der Waals surface area contributed by atoms with E-state index in [4.69, 9.17) is 11.6 Å². The van der Waals surface area contributed by atoms with Gasteiger partial charge in [0, 0.05) is 51.1 Å². The summed E-state index contributed by atoms with van der Waals surface area (Å²) in [5.41, 5.74) is 1.27. The number of halogens is 2. The molecule has 0 atom stereocenters. The van der Waals surface area contributed by atoms with Gasteiger partial charge in [-0.15, -0.1) is 11.3 Å². The molecule has 1 aliphatic rings. The summed E-state index contributed by atoms with van der Waals surface area (Å²) >= 11 is 7.52. The van der Waals surface area contributed by atoms with Gasteiger partial charge in [-0.1, -0.05) is 11.6 Å². The van der Waals surface area contributed by atoms with E-state index >= 15 is 0 Å². The molecular weight excluding hydrogens is 403 g/mol. The number of carbonyl (C=O) groups excluding carboxylic acids is 2. The standard InChI is InChI=1S/C19H22ClFN4O2S/c1-13-23-15(12-28-13)11-24-6-8-25(9-7-24)18(26)4-5-22-19(27)16-3-2-14(21)10-17(16)20/h2-3,10,12H,4-9,11H2,1H3,(H,22,27). The number of nitrogens with zero attached hydrogens (tertiary/aromatic N) is 3. The molecule has 0 saturated carbocycles. The van der Waals surface area contributed by atoms with E-state index in [0.717, 1.165) is 36.4 Å². The van der Waals surface area contributed by atoms with Crippen LogP contribution in [-0.4, -0.2) is 59.3 Å². The minimum absolute atomic E-state index is 0.00894. The first-order valence-electron chi connectivity index (χ1n) is 9.07. The van der Waals surface area contributed by atoms with Crippen molar-refractivity contribution in [3.8, 4) is 0 Å². The monoisotopic (exact) mass is 424 g/mol. The van der Waals surface area contributed by atoms with Gasteiger partial charge in [-0.2, -0.15) is 0 Å². The molecule has 2 amide bonds. The largest absolute Gasteiger partial charge is 0.351 e. The molecule has 0 radical (unpaired) electrons. The molecule has 0 bridgehead atoms.